The molecule has 0 aliphatic carbocycles. The lowest BCUT2D eigenvalue weighted by atomic mass is 10.2. The smallest absolute Gasteiger partial charge is 0.143 e. The van der Waals surface area contributed by atoms with Crippen molar-refractivity contribution >= 4 is 39.7 Å². The van der Waals surface area contributed by atoms with Crippen LogP contribution in [0, 0.1) is 3.57 Å². The van der Waals surface area contributed by atoms with Gasteiger partial charge in [-0.1, -0.05) is 13.0 Å². The van der Waals surface area contributed by atoms with E-state index in [2.05, 4.69) is 62.3 Å². The van der Waals surface area contributed by atoms with E-state index in [4.69, 9.17) is 0 Å². The van der Waals surface area contributed by atoms with Crippen LogP contribution in [0.2, 0.25) is 0 Å². The molecular weight excluding hydrogens is 333 g/mol. The molecule has 0 aliphatic rings. The Morgan fingerprint density at radius 2 is 2.44 bits per heavy atom. The minimum atomic E-state index is 0.336. The fourth-order valence-electron chi connectivity index (χ4n) is 1.45. The van der Waals surface area contributed by atoms with Gasteiger partial charge in [0.1, 0.15) is 12.1 Å². The van der Waals surface area contributed by atoms with Crippen LogP contribution in [-0.2, 0) is 0 Å². The summed E-state index contributed by atoms with van der Waals surface area (Å²) in [7, 11) is 0. The van der Waals surface area contributed by atoms with Gasteiger partial charge >= 0.3 is 0 Å². The van der Waals surface area contributed by atoms with Crippen molar-refractivity contribution < 1.29 is 0 Å². The number of nitrogens with one attached hydrogen (secondary N) is 1. The number of hydrogen-bond acceptors (Lipinski definition) is 4. The largest absolute Gasteiger partial charge is 0.361 e. The number of hydrogen-bond donors (Lipinski definition) is 1. The Morgan fingerprint density at radius 3 is 3.06 bits per heavy atom. The number of rotatable bonds is 4. The van der Waals surface area contributed by atoms with E-state index in [0.29, 0.717) is 6.04 Å². The minimum absolute atomic E-state index is 0.336. The summed E-state index contributed by atoms with van der Waals surface area (Å²) in [6, 6.07) is 4.57. The lowest BCUT2D eigenvalue weighted by Gasteiger charge is -2.16. The van der Waals surface area contributed by atoms with Gasteiger partial charge in [-0.2, -0.15) is 0 Å². The third kappa shape index (κ3) is 2.70. The highest BCUT2D eigenvalue weighted by atomic mass is 127. The monoisotopic (exact) mass is 345 g/mol. The highest BCUT2D eigenvalue weighted by Gasteiger charge is 2.12. The lowest BCUT2D eigenvalue weighted by molar-refractivity contribution is 0.757. The van der Waals surface area contributed by atoms with Crippen molar-refractivity contribution in [3.63, 3.8) is 0 Å². The second-order valence-electron chi connectivity index (χ2n) is 3.34. The van der Waals surface area contributed by atoms with Crippen LogP contribution in [0.5, 0.6) is 0 Å². The van der Waals surface area contributed by atoms with Crippen molar-refractivity contribution in [3.8, 4) is 0 Å². The Balaban J connectivity index is 2.17. The standard InChI is InChI=1S/C11H12IN3S/c1-2-9(10-4-3-5-16-10)15-11-8(12)6-13-7-14-11/h3-7,9H,2H2,1H3,(H,13,14,15). The molecule has 3 nitrogen and oxygen atoms in total. The molecule has 0 saturated carbocycles. The molecule has 2 heterocycles. The average Bonchev–Trinajstić information content (AvgIpc) is 2.81. The van der Waals surface area contributed by atoms with Crippen molar-refractivity contribution in [3.05, 3.63) is 38.5 Å². The van der Waals surface area contributed by atoms with Gasteiger partial charge in [0, 0.05) is 11.1 Å². The second kappa shape index (κ2) is 5.58. The fraction of sp³-hybridized carbons (Fsp3) is 0.273. The molecule has 0 bridgehead atoms. The quantitative estimate of drug-likeness (QED) is 0.859. The summed E-state index contributed by atoms with van der Waals surface area (Å²) in [5.41, 5.74) is 0. The van der Waals surface area contributed by atoms with Gasteiger partial charge in [-0.3, -0.25) is 0 Å². The first-order valence-electron chi connectivity index (χ1n) is 5.06. The Bertz CT molecular complexity index is 444. The van der Waals surface area contributed by atoms with Gasteiger partial charge < -0.3 is 5.32 Å². The molecule has 1 unspecified atom stereocenters. The predicted octanol–water partition coefficient (Wildman–Crippen LogP) is 3.71. The van der Waals surface area contributed by atoms with Crippen molar-refractivity contribution in [2.75, 3.05) is 5.32 Å². The highest BCUT2D eigenvalue weighted by molar-refractivity contribution is 14.1. The van der Waals surface area contributed by atoms with E-state index in [1.54, 1.807) is 17.7 Å². The molecule has 1 atom stereocenters. The maximum Gasteiger partial charge on any atom is 0.143 e. The molecule has 2 aromatic heterocycles. The molecule has 5 heteroatoms. The first-order chi connectivity index (χ1) is 7.81. The number of thiophene rings is 1. The summed E-state index contributed by atoms with van der Waals surface area (Å²) in [5.74, 6) is 0.913. The van der Waals surface area contributed by atoms with Crippen molar-refractivity contribution in [1.29, 1.82) is 0 Å². The summed E-state index contributed by atoms with van der Waals surface area (Å²) < 4.78 is 1.05. The van der Waals surface area contributed by atoms with Crippen LogP contribution in [0.15, 0.2) is 30.0 Å². The molecule has 2 aromatic rings. The van der Waals surface area contributed by atoms with Gasteiger partial charge in [0.05, 0.1) is 9.61 Å². The van der Waals surface area contributed by atoms with E-state index in [1.165, 1.54) is 4.88 Å². The summed E-state index contributed by atoms with van der Waals surface area (Å²) in [6.45, 7) is 2.17. The maximum absolute atomic E-state index is 4.25. The second-order valence-corrected chi connectivity index (χ2v) is 5.48. The minimum Gasteiger partial charge on any atom is -0.361 e. The Morgan fingerprint density at radius 1 is 1.56 bits per heavy atom. The van der Waals surface area contributed by atoms with Crippen LogP contribution in [0.4, 0.5) is 5.82 Å². The molecule has 16 heavy (non-hydrogen) atoms. The van der Waals surface area contributed by atoms with E-state index < -0.39 is 0 Å². The summed E-state index contributed by atoms with van der Waals surface area (Å²) in [4.78, 5) is 9.58. The molecule has 0 fully saturated rings. The van der Waals surface area contributed by atoms with Crippen molar-refractivity contribution in [1.82, 2.24) is 9.97 Å². The van der Waals surface area contributed by atoms with Gasteiger partial charge in [-0.05, 0) is 40.5 Å². The normalized spacial score (nSPS) is 12.4. The van der Waals surface area contributed by atoms with Gasteiger partial charge in [0.25, 0.3) is 0 Å². The molecule has 0 amide bonds. The molecule has 0 aliphatic heterocycles. The predicted molar refractivity (Wildman–Crippen MR) is 75.7 cm³/mol. The number of anilines is 1. The molecule has 0 saturated heterocycles. The molecular formula is C11H12IN3S. The van der Waals surface area contributed by atoms with E-state index in [9.17, 15) is 0 Å². The van der Waals surface area contributed by atoms with Gasteiger partial charge in [-0.25, -0.2) is 9.97 Å². The SMILES string of the molecule is CCC(Nc1ncncc1I)c1cccs1. The molecule has 0 radical (unpaired) electrons. The van der Waals surface area contributed by atoms with E-state index in [0.717, 1.165) is 15.8 Å². The maximum atomic E-state index is 4.25. The van der Waals surface area contributed by atoms with Crippen LogP contribution in [0.1, 0.15) is 24.3 Å². The van der Waals surface area contributed by atoms with Crippen LogP contribution in [-0.4, -0.2) is 9.97 Å². The van der Waals surface area contributed by atoms with Gasteiger partial charge in [0.2, 0.25) is 0 Å². The van der Waals surface area contributed by atoms with Crippen LogP contribution in [0.25, 0.3) is 0 Å². The number of halogens is 1. The zero-order chi connectivity index (χ0) is 11.4. The van der Waals surface area contributed by atoms with E-state index >= 15 is 0 Å². The number of aromatic nitrogens is 2. The van der Waals surface area contributed by atoms with Crippen LogP contribution < -0.4 is 5.32 Å². The van der Waals surface area contributed by atoms with Crippen LogP contribution >= 0.6 is 33.9 Å². The zero-order valence-corrected chi connectivity index (χ0v) is 11.8. The zero-order valence-electron chi connectivity index (χ0n) is 8.85. The Hall–Kier alpha value is -0.690. The highest BCUT2D eigenvalue weighted by Crippen LogP contribution is 2.26. The molecule has 0 spiro atoms. The molecule has 84 valence electrons. The van der Waals surface area contributed by atoms with E-state index in [-0.39, 0.29) is 0 Å². The van der Waals surface area contributed by atoms with Crippen LogP contribution in [0.3, 0.4) is 0 Å². The average molecular weight is 345 g/mol. The third-order valence-electron chi connectivity index (χ3n) is 2.27. The molecule has 0 aromatic carbocycles. The van der Waals surface area contributed by atoms with Crippen molar-refractivity contribution in [2.45, 2.75) is 19.4 Å². The molecule has 1 N–H and O–H groups in total. The van der Waals surface area contributed by atoms with Gasteiger partial charge in [0.15, 0.2) is 0 Å². The lowest BCUT2D eigenvalue weighted by Crippen LogP contribution is -2.10. The Kier molecular flexibility index (Phi) is 4.11. The third-order valence-corrected chi connectivity index (χ3v) is 4.05. The first-order valence-corrected chi connectivity index (χ1v) is 7.02. The first kappa shape index (κ1) is 11.8. The summed E-state index contributed by atoms with van der Waals surface area (Å²) in [5, 5.41) is 5.55. The van der Waals surface area contributed by atoms with Gasteiger partial charge in [-0.15, -0.1) is 11.3 Å². The summed E-state index contributed by atoms with van der Waals surface area (Å²) >= 11 is 4.02. The number of nitrogens with zero attached hydrogens (tertiary/aromatic N) is 2. The van der Waals surface area contributed by atoms with E-state index in [1.807, 2.05) is 6.20 Å². The molecule has 2 rings (SSSR count). The van der Waals surface area contributed by atoms with Crippen molar-refractivity contribution in [2.24, 2.45) is 0 Å². The topological polar surface area (TPSA) is 37.8 Å². The Labute approximate surface area is 112 Å². The summed E-state index contributed by atoms with van der Waals surface area (Å²) in [6.07, 6.45) is 4.43. The fourth-order valence-corrected chi connectivity index (χ4v) is 2.76.